The number of rotatable bonds is 6. The normalized spacial score (nSPS) is 10.7. The van der Waals surface area contributed by atoms with Gasteiger partial charge >= 0.3 is 0 Å². The van der Waals surface area contributed by atoms with Crippen LogP contribution in [0.15, 0.2) is 24.3 Å². The number of aromatic nitrogens is 5. The van der Waals surface area contributed by atoms with Crippen molar-refractivity contribution in [2.45, 2.75) is 19.8 Å². The first-order chi connectivity index (χ1) is 12.9. The zero-order valence-corrected chi connectivity index (χ0v) is 15.5. The van der Waals surface area contributed by atoms with Crippen molar-refractivity contribution in [2.75, 3.05) is 29.1 Å². The highest BCUT2D eigenvalue weighted by Crippen LogP contribution is 2.28. The summed E-state index contributed by atoms with van der Waals surface area (Å²) in [6.45, 7) is 2.57. The second-order valence-electron chi connectivity index (χ2n) is 5.91. The summed E-state index contributed by atoms with van der Waals surface area (Å²) in [6.07, 6.45) is 1.35. The summed E-state index contributed by atoms with van der Waals surface area (Å²) in [6, 6.07) is 7.50. The molecule has 0 radical (unpaired) electrons. The van der Waals surface area contributed by atoms with Crippen molar-refractivity contribution in [3.05, 3.63) is 40.7 Å². The highest BCUT2D eigenvalue weighted by molar-refractivity contribution is 6.31. The molecule has 9 nitrogen and oxygen atoms in total. The highest BCUT2D eigenvalue weighted by Gasteiger charge is 2.09. The van der Waals surface area contributed by atoms with Crippen molar-refractivity contribution >= 4 is 35.3 Å². The number of hydrogen-bond acceptors (Lipinski definition) is 9. The van der Waals surface area contributed by atoms with Gasteiger partial charge in [-0.2, -0.15) is 19.9 Å². The molecule has 27 heavy (non-hydrogen) atoms. The molecule has 0 saturated carbocycles. The number of nitrogens with zero attached hydrogens (tertiary/aromatic N) is 5. The Bertz CT molecular complexity index is 941. The van der Waals surface area contributed by atoms with Gasteiger partial charge in [0.15, 0.2) is 0 Å². The molecule has 0 bridgehead atoms. The third kappa shape index (κ3) is 4.70. The second-order valence-corrected chi connectivity index (χ2v) is 6.31. The third-order valence-corrected chi connectivity index (χ3v) is 4.30. The molecule has 2 heterocycles. The van der Waals surface area contributed by atoms with Gasteiger partial charge in [-0.3, -0.25) is 0 Å². The number of anilines is 4. The van der Waals surface area contributed by atoms with E-state index in [1.807, 2.05) is 31.2 Å². The molecule has 3 aromatic rings. The van der Waals surface area contributed by atoms with E-state index in [0.29, 0.717) is 35.3 Å². The molecular weight excluding hydrogens is 366 g/mol. The van der Waals surface area contributed by atoms with Crippen LogP contribution in [0.5, 0.6) is 0 Å². The van der Waals surface area contributed by atoms with Crippen LogP contribution < -0.4 is 22.5 Å². The van der Waals surface area contributed by atoms with E-state index in [9.17, 15) is 0 Å². The summed E-state index contributed by atoms with van der Waals surface area (Å²) in [5.41, 5.74) is 19.6. The Morgan fingerprint density at radius 1 is 0.963 bits per heavy atom. The maximum Gasteiger partial charge on any atom is 0.225 e. The SMILES string of the molecule is Cc1c(Cl)cccc1-c1cc(NCCCc2nc(N)nc(N)n2)nc(N)n1. The Kier molecular flexibility index (Phi) is 5.51. The molecule has 2 aromatic heterocycles. The standard InChI is InChI=1S/C17H20ClN9/c1-9-10(4-2-5-11(9)18)12-8-14(26-15(19)23-12)22-7-3-6-13-24-16(20)27-17(21)25-13/h2,4-5,8H,3,6-7H2,1H3,(H3,19,22,23,26)(H4,20,21,24,25,27). The molecule has 0 spiro atoms. The summed E-state index contributed by atoms with van der Waals surface area (Å²) in [5.74, 6) is 1.62. The first-order valence-electron chi connectivity index (χ1n) is 8.32. The number of nitrogens with two attached hydrogens (primary N) is 3. The van der Waals surface area contributed by atoms with Crippen molar-refractivity contribution in [1.82, 2.24) is 24.9 Å². The largest absolute Gasteiger partial charge is 0.370 e. The summed E-state index contributed by atoms with van der Waals surface area (Å²) in [5, 5.41) is 3.91. The topological polar surface area (TPSA) is 155 Å². The van der Waals surface area contributed by atoms with Crippen molar-refractivity contribution < 1.29 is 0 Å². The predicted octanol–water partition coefficient (Wildman–Crippen LogP) is 2.08. The van der Waals surface area contributed by atoms with E-state index in [0.717, 1.165) is 17.5 Å². The van der Waals surface area contributed by atoms with Crippen LogP contribution in [0.4, 0.5) is 23.7 Å². The molecular formula is C17H20ClN9. The Morgan fingerprint density at radius 3 is 2.41 bits per heavy atom. The Hall–Kier alpha value is -3.20. The number of benzene rings is 1. The van der Waals surface area contributed by atoms with E-state index < -0.39 is 0 Å². The van der Waals surface area contributed by atoms with Gasteiger partial charge in [0.1, 0.15) is 11.6 Å². The van der Waals surface area contributed by atoms with Crippen molar-refractivity contribution in [1.29, 1.82) is 0 Å². The van der Waals surface area contributed by atoms with Gasteiger partial charge < -0.3 is 22.5 Å². The van der Waals surface area contributed by atoms with Crippen LogP contribution >= 0.6 is 11.6 Å². The molecule has 0 aliphatic rings. The van der Waals surface area contributed by atoms with Gasteiger partial charge in [-0.25, -0.2) is 4.98 Å². The Morgan fingerprint density at radius 2 is 1.67 bits per heavy atom. The number of nitrogens with one attached hydrogen (secondary N) is 1. The lowest BCUT2D eigenvalue weighted by Crippen LogP contribution is -2.10. The van der Waals surface area contributed by atoms with Gasteiger partial charge in [0.25, 0.3) is 0 Å². The minimum absolute atomic E-state index is 0.121. The van der Waals surface area contributed by atoms with E-state index in [1.165, 1.54) is 0 Å². The fourth-order valence-electron chi connectivity index (χ4n) is 2.61. The van der Waals surface area contributed by atoms with Crippen LogP contribution in [0.1, 0.15) is 17.8 Å². The first-order valence-corrected chi connectivity index (χ1v) is 8.70. The Labute approximate surface area is 161 Å². The molecule has 10 heteroatoms. The monoisotopic (exact) mass is 385 g/mol. The first kappa shape index (κ1) is 18.6. The molecule has 140 valence electrons. The van der Waals surface area contributed by atoms with Gasteiger partial charge in [0.2, 0.25) is 17.8 Å². The molecule has 1 aromatic carbocycles. The highest BCUT2D eigenvalue weighted by atomic mass is 35.5. The van der Waals surface area contributed by atoms with E-state index in [1.54, 1.807) is 0 Å². The second kappa shape index (κ2) is 8.00. The van der Waals surface area contributed by atoms with Crippen molar-refractivity contribution in [3.8, 4) is 11.3 Å². The lowest BCUT2D eigenvalue weighted by molar-refractivity contribution is 0.793. The van der Waals surface area contributed by atoms with Crippen LogP contribution in [0.2, 0.25) is 5.02 Å². The fraction of sp³-hybridized carbons (Fsp3) is 0.235. The van der Waals surface area contributed by atoms with E-state index in [4.69, 9.17) is 28.8 Å². The average Bonchev–Trinajstić information content (AvgIpc) is 2.60. The molecule has 0 aliphatic heterocycles. The summed E-state index contributed by atoms with van der Waals surface area (Å²) >= 11 is 6.20. The summed E-state index contributed by atoms with van der Waals surface area (Å²) in [7, 11) is 0. The maximum absolute atomic E-state index is 6.20. The molecule has 0 aliphatic carbocycles. The lowest BCUT2D eigenvalue weighted by Gasteiger charge is -2.11. The molecule has 0 fully saturated rings. The van der Waals surface area contributed by atoms with E-state index in [2.05, 4.69) is 30.2 Å². The smallest absolute Gasteiger partial charge is 0.225 e. The van der Waals surface area contributed by atoms with Gasteiger partial charge in [-0.1, -0.05) is 23.7 Å². The fourth-order valence-corrected chi connectivity index (χ4v) is 2.79. The number of hydrogen-bond donors (Lipinski definition) is 4. The van der Waals surface area contributed by atoms with Crippen molar-refractivity contribution in [2.24, 2.45) is 0 Å². The zero-order valence-electron chi connectivity index (χ0n) is 14.8. The summed E-state index contributed by atoms with van der Waals surface area (Å²) in [4.78, 5) is 20.4. The molecule has 0 unspecified atom stereocenters. The molecule has 0 atom stereocenters. The minimum atomic E-state index is 0.121. The quantitative estimate of drug-likeness (QED) is 0.466. The van der Waals surface area contributed by atoms with Crippen LogP contribution in [0, 0.1) is 6.92 Å². The number of aryl methyl sites for hydroxylation is 1. The molecule has 3 rings (SSSR count). The van der Waals surface area contributed by atoms with Crippen LogP contribution in [-0.4, -0.2) is 31.5 Å². The van der Waals surface area contributed by atoms with Crippen LogP contribution in [-0.2, 0) is 6.42 Å². The van der Waals surface area contributed by atoms with E-state index >= 15 is 0 Å². The summed E-state index contributed by atoms with van der Waals surface area (Å²) < 4.78 is 0. The van der Waals surface area contributed by atoms with Gasteiger partial charge in [-0.05, 0) is 25.0 Å². The average molecular weight is 386 g/mol. The Balaban J connectivity index is 1.67. The zero-order chi connectivity index (χ0) is 19.4. The molecule has 0 amide bonds. The lowest BCUT2D eigenvalue weighted by atomic mass is 10.1. The number of halogens is 1. The van der Waals surface area contributed by atoms with Gasteiger partial charge in [0.05, 0.1) is 5.69 Å². The van der Waals surface area contributed by atoms with Crippen LogP contribution in [0.25, 0.3) is 11.3 Å². The van der Waals surface area contributed by atoms with E-state index in [-0.39, 0.29) is 17.8 Å². The molecule has 7 N–H and O–H groups in total. The maximum atomic E-state index is 6.20. The molecule has 0 saturated heterocycles. The number of nitrogen functional groups attached to an aromatic ring is 3. The minimum Gasteiger partial charge on any atom is -0.370 e. The van der Waals surface area contributed by atoms with Crippen molar-refractivity contribution in [3.63, 3.8) is 0 Å². The predicted molar refractivity (Wildman–Crippen MR) is 107 cm³/mol. The van der Waals surface area contributed by atoms with Gasteiger partial charge in [-0.15, -0.1) is 0 Å². The third-order valence-electron chi connectivity index (χ3n) is 3.89. The van der Waals surface area contributed by atoms with Crippen LogP contribution in [0.3, 0.4) is 0 Å². The van der Waals surface area contributed by atoms with Gasteiger partial charge in [0, 0.05) is 29.6 Å².